The third-order valence-electron chi connectivity index (χ3n) is 2.63. The van der Waals surface area contributed by atoms with Crippen LogP contribution in [0.4, 0.5) is 5.69 Å². The molecule has 2 nitrogen and oxygen atoms in total. The molecule has 0 saturated heterocycles. The highest BCUT2D eigenvalue weighted by Crippen LogP contribution is 2.30. The van der Waals surface area contributed by atoms with E-state index in [2.05, 4.69) is 5.32 Å². The number of nitrogens with one attached hydrogen (secondary N) is 1. The van der Waals surface area contributed by atoms with Gasteiger partial charge in [0, 0.05) is 4.90 Å². The van der Waals surface area contributed by atoms with Crippen molar-refractivity contribution in [3.05, 3.63) is 58.6 Å². The van der Waals surface area contributed by atoms with Gasteiger partial charge in [0.1, 0.15) is 0 Å². The van der Waals surface area contributed by atoms with Gasteiger partial charge in [-0.15, -0.1) is 11.8 Å². The topological polar surface area (TPSA) is 29.1 Å². The Balaban J connectivity index is 2.03. The van der Waals surface area contributed by atoms with Gasteiger partial charge in [0.25, 0.3) is 0 Å². The number of thioether (sulfide) groups is 1. The molecule has 5 heteroatoms. The van der Waals surface area contributed by atoms with E-state index in [4.69, 9.17) is 23.2 Å². The fraction of sp³-hybridized carbons (Fsp3) is 0.133. The van der Waals surface area contributed by atoms with Crippen LogP contribution in [-0.4, -0.2) is 11.2 Å². The van der Waals surface area contributed by atoms with E-state index in [-0.39, 0.29) is 11.2 Å². The van der Waals surface area contributed by atoms with Gasteiger partial charge < -0.3 is 5.32 Å². The van der Waals surface area contributed by atoms with Crippen LogP contribution in [0.15, 0.2) is 53.4 Å². The number of hydrogen-bond donors (Lipinski definition) is 1. The molecular formula is C15H13Cl2NOS. The number of rotatable bonds is 4. The van der Waals surface area contributed by atoms with Gasteiger partial charge in [-0.3, -0.25) is 4.79 Å². The van der Waals surface area contributed by atoms with E-state index in [1.165, 1.54) is 11.8 Å². The Morgan fingerprint density at radius 2 is 1.80 bits per heavy atom. The second-order valence-electron chi connectivity index (χ2n) is 4.16. The number of anilines is 1. The second-order valence-corrected chi connectivity index (χ2v) is 6.36. The summed E-state index contributed by atoms with van der Waals surface area (Å²) >= 11 is 13.5. The van der Waals surface area contributed by atoms with Crippen molar-refractivity contribution in [3.63, 3.8) is 0 Å². The van der Waals surface area contributed by atoms with E-state index >= 15 is 0 Å². The highest BCUT2D eigenvalue weighted by atomic mass is 35.5. The van der Waals surface area contributed by atoms with E-state index in [9.17, 15) is 4.79 Å². The number of halogens is 2. The molecule has 0 radical (unpaired) electrons. The second kappa shape index (κ2) is 7.02. The maximum atomic E-state index is 12.1. The molecule has 1 atom stereocenters. The van der Waals surface area contributed by atoms with Crippen molar-refractivity contribution in [2.45, 2.75) is 17.1 Å². The van der Waals surface area contributed by atoms with Crippen LogP contribution < -0.4 is 5.32 Å². The van der Waals surface area contributed by atoms with E-state index in [0.29, 0.717) is 15.7 Å². The standard InChI is InChI=1S/C15H13Cl2NOS/c1-10(20-11-6-3-2-4-7-11)15(19)18-13-9-5-8-12(16)14(13)17/h2-10H,1H3,(H,18,19)/t10-/m0/s1. The molecule has 0 bridgehead atoms. The predicted octanol–water partition coefficient (Wildman–Crippen LogP) is 5.11. The summed E-state index contributed by atoms with van der Waals surface area (Å²) in [5.74, 6) is -0.108. The lowest BCUT2D eigenvalue weighted by Gasteiger charge is -2.13. The maximum absolute atomic E-state index is 12.1. The first-order chi connectivity index (χ1) is 9.58. The lowest BCUT2D eigenvalue weighted by Crippen LogP contribution is -2.22. The monoisotopic (exact) mass is 325 g/mol. The van der Waals surface area contributed by atoms with Crippen LogP contribution in [0.2, 0.25) is 10.0 Å². The van der Waals surface area contributed by atoms with Gasteiger partial charge in [-0.25, -0.2) is 0 Å². The first-order valence-electron chi connectivity index (χ1n) is 6.04. The zero-order chi connectivity index (χ0) is 14.5. The van der Waals surface area contributed by atoms with Gasteiger partial charge in [-0.05, 0) is 31.2 Å². The number of amides is 1. The highest BCUT2D eigenvalue weighted by molar-refractivity contribution is 8.00. The Morgan fingerprint density at radius 1 is 1.10 bits per heavy atom. The van der Waals surface area contributed by atoms with Crippen molar-refractivity contribution in [1.82, 2.24) is 0 Å². The van der Waals surface area contributed by atoms with E-state index in [1.54, 1.807) is 18.2 Å². The van der Waals surface area contributed by atoms with Crippen LogP contribution in [-0.2, 0) is 4.79 Å². The molecule has 2 aromatic rings. The Bertz CT molecular complexity index is 604. The molecule has 0 saturated carbocycles. The van der Waals surface area contributed by atoms with E-state index < -0.39 is 0 Å². The summed E-state index contributed by atoms with van der Waals surface area (Å²) in [4.78, 5) is 13.2. The molecule has 104 valence electrons. The van der Waals surface area contributed by atoms with Crippen LogP contribution in [0.25, 0.3) is 0 Å². The predicted molar refractivity (Wildman–Crippen MR) is 86.9 cm³/mol. The average Bonchev–Trinajstić information content (AvgIpc) is 2.45. The molecule has 0 unspecified atom stereocenters. The zero-order valence-corrected chi connectivity index (χ0v) is 13.1. The summed E-state index contributed by atoms with van der Waals surface area (Å²) in [6, 6.07) is 14.9. The lowest BCUT2D eigenvalue weighted by atomic mass is 10.3. The molecule has 0 heterocycles. The molecule has 0 aromatic heterocycles. The lowest BCUT2D eigenvalue weighted by molar-refractivity contribution is -0.115. The SMILES string of the molecule is C[C@H](Sc1ccccc1)C(=O)Nc1cccc(Cl)c1Cl. The van der Waals surface area contributed by atoms with Crippen molar-refractivity contribution in [2.75, 3.05) is 5.32 Å². The summed E-state index contributed by atoms with van der Waals surface area (Å²) in [6.45, 7) is 1.85. The first kappa shape index (κ1) is 15.2. The fourth-order valence-corrected chi connectivity index (χ4v) is 2.83. The zero-order valence-electron chi connectivity index (χ0n) is 10.8. The molecular weight excluding hydrogens is 313 g/mol. The Hall–Kier alpha value is -1.16. The van der Waals surface area contributed by atoms with Gasteiger partial charge in [0.05, 0.1) is 21.0 Å². The third-order valence-corrected chi connectivity index (χ3v) is 4.57. The van der Waals surface area contributed by atoms with Crippen LogP contribution in [0, 0.1) is 0 Å². The molecule has 2 rings (SSSR count). The quantitative estimate of drug-likeness (QED) is 0.791. The van der Waals surface area contributed by atoms with Crippen LogP contribution in [0.3, 0.4) is 0 Å². The van der Waals surface area contributed by atoms with Gasteiger partial charge >= 0.3 is 0 Å². The molecule has 20 heavy (non-hydrogen) atoms. The van der Waals surface area contributed by atoms with Crippen molar-refractivity contribution in [3.8, 4) is 0 Å². The number of hydrogen-bond acceptors (Lipinski definition) is 2. The molecule has 0 fully saturated rings. The molecule has 2 aromatic carbocycles. The minimum absolute atomic E-state index is 0.108. The highest BCUT2D eigenvalue weighted by Gasteiger charge is 2.16. The van der Waals surface area contributed by atoms with Gasteiger partial charge in [0.15, 0.2) is 0 Å². The third kappa shape index (κ3) is 3.92. The number of carbonyl (C=O) groups is 1. The van der Waals surface area contributed by atoms with Crippen LogP contribution in [0.1, 0.15) is 6.92 Å². The fourth-order valence-electron chi connectivity index (χ4n) is 1.59. The minimum Gasteiger partial charge on any atom is -0.324 e. The summed E-state index contributed by atoms with van der Waals surface area (Å²) in [6.07, 6.45) is 0. The molecule has 1 N–H and O–H groups in total. The van der Waals surface area contributed by atoms with Gasteiger partial charge in [-0.2, -0.15) is 0 Å². The van der Waals surface area contributed by atoms with Gasteiger partial charge in [0.2, 0.25) is 5.91 Å². The Labute approximate surface area is 132 Å². The minimum atomic E-state index is -0.229. The van der Waals surface area contributed by atoms with Gasteiger partial charge in [-0.1, -0.05) is 47.5 Å². The van der Waals surface area contributed by atoms with E-state index in [0.717, 1.165) is 4.90 Å². The summed E-state index contributed by atoms with van der Waals surface area (Å²) in [5, 5.41) is 3.35. The van der Waals surface area contributed by atoms with Crippen LogP contribution in [0.5, 0.6) is 0 Å². The largest absolute Gasteiger partial charge is 0.324 e. The molecule has 0 aliphatic carbocycles. The van der Waals surface area contributed by atoms with Crippen molar-refractivity contribution in [1.29, 1.82) is 0 Å². The summed E-state index contributed by atoms with van der Waals surface area (Å²) < 4.78 is 0. The average molecular weight is 326 g/mol. The molecule has 0 spiro atoms. The van der Waals surface area contributed by atoms with Crippen molar-refractivity contribution >= 4 is 46.6 Å². The molecule has 0 aliphatic heterocycles. The maximum Gasteiger partial charge on any atom is 0.237 e. The Morgan fingerprint density at radius 3 is 2.50 bits per heavy atom. The first-order valence-corrected chi connectivity index (χ1v) is 7.68. The number of carbonyl (C=O) groups excluding carboxylic acids is 1. The summed E-state index contributed by atoms with van der Waals surface area (Å²) in [7, 11) is 0. The van der Waals surface area contributed by atoms with E-state index in [1.807, 2.05) is 37.3 Å². The molecule has 1 amide bonds. The smallest absolute Gasteiger partial charge is 0.237 e. The summed E-state index contributed by atoms with van der Waals surface area (Å²) in [5.41, 5.74) is 0.532. The van der Waals surface area contributed by atoms with Crippen molar-refractivity contribution in [2.24, 2.45) is 0 Å². The molecule has 0 aliphatic rings. The van der Waals surface area contributed by atoms with Crippen LogP contribution >= 0.6 is 35.0 Å². The normalized spacial score (nSPS) is 11.9. The number of benzene rings is 2. The van der Waals surface area contributed by atoms with Crippen molar-refractivity contribution < 1.29 is 4.79 Å². The Kier molecular flexibility index (Phi) is 5.35.